The molecular formula is C17H11NO3S. The number of hydrogen-bond acceptors (Lipinski definition) is 3. The van der Waals surface area contributed by atoms with Gasteiger partial charge in [-0.2, -0.15) is 3.97 Å². The van der Waals surface area contributed by atoms with Gasteiger partial charge in [0.05, 0.1) is 10.6 Å². The second-order valence-electron chi connectivity index (χ2n) is 5.10. The van der Waals surface area contributed by atoms with E-state index < -0.39 is 15.6 Å². The van der Waals surface area contributed by atoms with Crippen molar-refractivity contribution in [3.63, 3.8) is 0 Å². The third-order valence-corrected chi connectivity index (χ3v) is 5.55. The number of hydrogen-bond donors (Lipinski definition) is 0. The number of pyridine rings is 1. The molecule has 0 amide bonds. The Kier molecular flexibility index (Phi) is 2.62. The maximum Gasteiger partial charge on any atom is 0.271 e. The van der Waals surface area contributed by atoms with Crippen molar-refractivity contribution >= 4 is 10.0 Å². The summed E-state index contributed by atoms with van der Waals surface area (Å²) in [5, 5.41) is 0. The number of rotatable bonds is 1. The minimum Gasteiger partial charge on any atom is -0.268 e. The van der Waals surface area contributed by atoms with E-state index in [4.69, 9.17) is 0 Å². The molecule has 4 nitrogen and oxygen atoms in total. The van der Waals surface area contributed by atoms with Crippen LogP contribution in [0.3, 0.4) is 0 Å². The summed E-state index contributed by atoms with van der Waals surface area (Å²) in [4.78, 5) is 12.6. The van der Waals surface area contributed by atoms with Crippen LogP contribution in [0, 0.1) is 0 Å². The van der Waals surface area contributed by atoms with Crippen LogP contribution in [0.5, 0.6) is 0 Å². The Morgan fingerprint density at radius 3 is 2.23 bits per heavy atom. The van der Waals surface area contributed by atoms with Gasteiger partial charge >= 0.3 is 0 Å². The van der Waals surface area contributed by atoms with E-state index in [0.29, 0.717) is 16.8 Å². The highest BCUT2D eigenvalue weighted by atomic mass is 32.2. The molecule has 3 aromatic rings. The maximum absolute atomic E-state index is 12.5. The standard InChI is InChI=1S/C17H11NO3S/c19-17-11-13(12-6-2-1-3-7-12)10-15-14-8-4-5-9-16(14)22(20,21)18(15)17/h1-11H. The second kappa shape index (κ2) is 4.42. The molecule has 108 valence electrons. The summed E-state index contributed by atoms with van der Waals surface area (Å²) in [6, 6.07) is 19.2. The maximum atomic E-state index is 12.5. The van der Waals surface area contributed by atoms with Gasteiger partial charge in [-0.3, -0.25) is 4.79 Å². The lowest BCUT2D eigenvalue weighted by atomic mass is 10.0. The van der Waals surface area contributed by atoms with Gasteiger partial charge in [-0.25, -0.2) is 8.42 Å². The number of benzene rings is 2. The molecule has 2 aromatic carbocycles. The summed E-state index contributed by atoms with van der Waals surface area (Å²) < 4.78 is 25.9. The summed E-state index contributed by atoms with van der Waals surface area (Å²) in [5.41, 5.74) is 2.04. The zero-order chi connectivity index (χ0) is 15.3. The van der Waals surface area contributed by atoms with E-state index in [2.05, 4.69) is 0 Å². The Bertz CT molecular complexity index is 1050. The monoisotopic (exact) mass is 309 g/mol. The molecule has 1 aliphatic heterocycles. The van der Waals surface area contributed by atoms with Crippen molar-refractivity contribution in [2.45, 2.75) is 4.90 Å². The van der Waals surface area contributed by atoms with Crippen LogP contribution in [0.1, 0.15) is 0 Å². The van der Waals surface area contributed by atoms with Crippen molar-refractivity contribution in [1.82, 2.24) is 3.97 Å². The van der Waals surface area contributed by atoms with Crippen LogP contribution in [-0.4, -0.2) is 12.4 Å². The molecule has 22 heavy (non-hydrogen) atoms. The van der Waals surface area contributed by atoms with Crippen LogP contribution in [0.2, 0.25) is 0 Å². The summed E-state index contributed by atoms with van der Waals surface area (Å²) >= 11 is 0. The van der Waals surface area contributed by atoms with Gasteiger partial charge in [-0.15, -0.1) is 0 Å². The molecule has 0 spiro atoms. The molecule has 1 aromatic heterocycles. The zero-order valence-corrected chi connectivity index (χ0v) is 12.2. The Morgan fingerprint density at radius 1 is 0.773 bits per heavy atom. The van der Waals surface area contributed by atoms with Gasteiger partial charge < -0.3 is 0 Å². The normalized spacial score (nSPS) is 14.4. The molecule has 1 aliphatic rings. The zero-order valence-electron chi connectivity index (χ0n) is 11.4. The van der Waals surface area contributed by atoms with Gasteiger partial charge in [0.25, 0.3) is 15.6 Å². The molecular weight excluding hydrogens is 298 g/mol. The van der Waals surface area contributed by atoms with E-state index in [1.54, 1.807) is 24.3 Å². The Hall–Kier alpha value is -2.66. The van der Waals surface area contributed by atoms with Crippen LogP contribution in [0.4, 0.5) is 0 Å². The van der Waals surface area contributed by atoms with Crippen molar-refractivity contribution in [3.8, 4) is 22.4 Å². The molecule has 2 heterocycles. The Morgan fingerprint density at radius 2 is 1.45 bits per heavy atom. The van der Waals surface area contributed by atoms with Crippen molar-refractivity contribution in [2.75, 3.05) is 0 Å². The highest BCUT2D eigenvalue weighted by Gasteiger charge is 2.33. The average molecular weight is 309 g/mol. The molecule has 0 atom stereocenters. The Balaban J connectivity index is 2.09. The molecule has 4 rings (SSSR count). The second-order valence-corrected chi connectivity index (χ2v) is 6.85. The molecule has 5 heteroatoms. The highest BCUT2D eigenvalue weighted by Crippen LogP contribution is 2.37. The van der Waals surface area contributed by atoms with Crippen LogP contribution < -0.4 is 5.56 Å². The van der Waals surface area contributed by atoms with E-state index in [1.165, 1.54) is 12.1 Å². The third kappa shape index (κ3) is 1.69. The SMILES string of the molecule is O=c1cc(-c2ccccc2)cc2n1S(=O)(=O)c1ccccc1-2. The van der Waals surface area contributed by atoms with E-state index >= 15 is 0 Å². The van der Waals surface area contributed by atoms with Crippen molar-refractivity contribution in [2.24, 2.45) is 0 Å². The molecule has 0 aliphatic carbocycles. The fraction of sp³-hybridized carbons (Fsp3) is 0. The quantitative estimate of drug-likeness (QED) is 0.543. The first-order valence-corrected chi connectivity index (χ1v) is 8.20. The lowest BCUT2D eigenvalue weighted by Gasteiger charge is -2.06. The molecule has 0 radical (unpaired) electrons. The van der Waals surface area contributed by atoms with Crippen molar-refractivity contribution in [3.05, 3.63) is 77.1 Å². The van der Waals surface area contributed by atoms with E-state index in [-0.39, 0.29) is 4.90 Å². The average Bonchev–Trinajstić information content (AvgIpc) is 2.77. The number of aromatic nitrogens is 1. The number of fused-ring (bicyclic) bond motifs is 3. The molecule has 0 N–H and O–H groups in total. The van der Waals surface area contributed by atoms with Crippen molar-refractivity contribution in [1.29, 1.82) is 0 Å². The van der Waals surface area contributed by atoms with Crippen molar-refractivity contribution < 1.29 is 8.42 Å². The van der Waals surface area contributed by atoms with Gasteiger partial charge in [-0.1, -0.05) is 48.5 Å². The van der Waals surface area contributed by atoms with Gasteiger partial charge in [0.2, 0.25) is 0 Å². The van der Waals surface area contributed by atoms with Gasteiger partial charge in [0.15, 0.2) is 0 Å². The minimum absolute atomic E-state index is 0.178. The van der Waals surface area contributed by atoms with Crippen LogP contribution in [0.25, 0.3) is 22.4 Å². The first-order chi connectivity index (χ1) is 10.6. The van der Waals surface area contributed by atoms with Crippen LogP contribution >= 0.6 is 0 Å². The summed E-state index contributed by atoms with van der Waals surface area (Å²) in [6.07, 6.45) is 0. The smallest absolute Gasteiger partial charge is 0.268 e. The fourth-order valence-electron chi connectivity index (χ4n) is 2.79. The molecule has 0 fully saturated rings. The lowest BCUT2D eigenvalue weighted by Crippen LogP contribution is -2.24. The van der Waals surface area contributed by atoms with Gasteiger partial charge in [0, 0.05) is 11.6 Å². The molecule has 0 unspecified atom stereocenters. The van der Waals surface area contributed by atoms with E-state index in [9.17, 15) is 13.2 Å². The third-order valence-electron chi connectivity index (χ3n) is 3.78. The van der Waals surface area contributed by atoms with E-state index in [0.717, 1.165) is 9.54 Å². The highest BCUT2D eigenvalue weighted by molar-refractivity contribution is 7.90. The summed E-state index contributed by atoms with van der Waals surface area (Å²) in [5.74, 6) is 0. The van der Waals surface area contributed by atoms with Crippen LogP contribution in [-0.2, 0) is 10.0 Å². The van der Waals surface area contributed by atoms with Gasteiger partial charge in [0.1, 0.15) is 0 Å². The van der Waals surface area contributed by atoms with Crippen LogP contribution in [0.15, 0.2) is 76.4 Å². The largest absolute Gasteiger partial charge is 0.271 e. The first-order valence-electron chi connectivity index (χ1n) is 6.76. The number of nitrogens with zero attached hydrogens (tertiary/aromatic N) is 1. The topological polar surface area (TPSA) is 56.1 Å². The summed E-state index contributed by atoms with van der Waals surface area (Å²) in [6.45, 7) is 0. The molecule has 0 bridgehead atoms. The molecule has 0 saturated carbocycles. The van der Waals surface area contributed by atoms with E-state index in [1.807, 2.05) is 30.3 Å². The summed E-state index contributed by atoms with van der Waals surface area (Å²) in [7, 11) is -3.79. The van der Waals surface area contributed by atoms with Gasteiger partial charge in [-0.05, 0) is 23.3 Å². The Labute approximate surface area is 127 Å². The predicted molar refractivity (Wildman–Crippen MR) is 84.2 cm³/mol. The fourth-order valence-corrected chi connectivity index (χ4v) is 4.39. The lowest BCUT2D eigenvalue weighted by molar-refractivity contribution is 0.589. The molecule has 0 saturated heterocycles. The minimum atomic E-state index is -3.79. The predicted octanol–water partition coefficient (Wildman–Crippen LogP) is 2.73. The first kappa shape index (κ1) is 13.0.